The molecule has 1 amide bonds. The fraction of sp³-hybridized carbons (Fsp3) is 0.600. The van der Waals surface area contributed by atoms with E-state index in [4.69, 9.17) is 10.5 Å². The van der Waals surface area contributed by atoms with Crippen molar-refractivity contribution in [2.24, 2.45) is 11.7 Å². The van der Waals surface area contributed by atoms with Gasteiger partial charge in [-0.2, -0.15) is 0 Å². The van der Waals surface area contributed by atoms with Crippen LogP contribution in [0.4, 0.5) is 5.82 Å². The molecule has 1 aliphatic heterocycles. The van der Waals surface area contributed by atoms with E-state index >= 15 is 0 Å². The predicted octanol–water partition coefficient (Wildman–Crippen LogP) is 0.951. The Bertz CT molecular complexity index is 449. The van der Waals surface area contributed by atoms with E-state index in [2.05, 4.69) is 15.2 Å². The van der Waals surface area contributed by atoms with Crippen LogP contribution in [0.2, 0.25) is 0 Å². The lowest BCUT2D eigenvalue weighted by Crippen LogP contribution is -2.39. The second-order valence-electron chi connectivity index (χ2n) is 5.48. The number of ether oxygens (including phenoxy) is 1. The van der Waals surface area contributed by atoms with Crippen LogP contribution in [0.25, 0.3) is 0 Å². The molecule has 1 aliphatic rings. The van der Waals surface area contributed by atoms with Crippen molar-refractivity contribution in [2.75, 3.05) is 45.2 Å². The number of nitrogens with zero attached hydrogens (tertiary/aromatic N) is 2. The van der Waals surface area contributed by atoms with Crippen molar-refractivity contribution in [1.29, 1.82) is 0 Å². The van der Waals surface area contributed by atoms with Gasteiger partial charge in [0.15, 0.2) is 0 Å². The topological polar surface area (TPSA) is 80.5 Å². The third kappa shape index (κ3) is 4.99. The molecule has 1 aromatic rings. The largest absolute Gasteiger partial charge is 0.383 e. The van der Waals surface area contributed by atoms with Crippen molar-refractivity contribution >= 4 is 11.7 Å². The quantitative estimate of drug-likeness (QED) is 0.782. The van der Waals surface area contributed by atoms with Gasteiger partial charge in [-0.05, 0) is 37.4 Å². The van der Waals surface area contributed by atoms with Crippen LogP contribution in [0.15, 0.2) is 18.3 Å². The minimum atomic E-state index is -0.449. The summed E-state index contributed by atoms with van der Waals surface area (Å²) in [5, 5.41) is 3.34. The number of hydrogen-bond acceptors (Lipinski definition) is 5. The van der Waals surface area contributed by atoms with Crippen molar-refractivity contribution in [2.45, 2.75) is 12.8 Å². The van der Waals surface area contributed by atoms with Gasteiger partial charge in [0.25, 0.3) is 0 Å². The number of piperidine rings is 1. The lowest BCUT2D eigenvalue weighted by Gasteiger charge is -2.32. The molecule has 0 radical (unpaired) electrons. The van der Waals surface area contributed by atoms with E-state index in [-0.39, 0.29) is 0 Å². The molecule has 0 saturated carbocycles. The lowest BCUT2D eigenvalue weighted by atomic mass is 9.98. The van der Waals surface area contributed by atoms with Crippen LogP contribution in [0.3, 0.4) is 0 Å². The first kappa shape index (κ1) is 15.7. The molecule has 2 rings (SSSR count). The van der Waals surface area contributed by atoms with E-state index in [0.717, 1.165) is 38.6 Å². The molecule has 21 heavy (non-hydrogen) atoms. The van der Waals surface area contributed by atoms with Gasteiger partial charge in [-0.3, -0.25) is 4.79 Å². The Morgan fingerprint density at radius 2 is 2.43 bits per heavy atom. The molecule has 0 aromatic carbocycles. The van der Waals surface area contributed by atoms with Gasteiger partial charge in [0.1, 0.15) is 5.82 Å². The van der Waals surface area contributed by atoms with Crippen molar-refractivity contribution in [3.05, 3.63) is 23.9 Å². The number of hydrogen-bond donors (Lipinski definition) is 2. The van der Waals surface area contributed by atoms with Gasteiger partial charge in [0.05, 0.1) is 12.2 Å². The molecule has 6 heteroatoms. The molecule has 0 unspecified atom stereocenters. The van der Waals surface area contributed by atoms with Gasteiger partial charge in [-0.25, -0.2) is 4.98 Å². The molecule has 3 N–H and O–H groups in total. The van der Waals surface area contributed by atoms with E-state index in [1.165, 1.54) is 19.0 Å². The number of amides is 1. The van der Waals surface area contributed by atoms with Gasteiger partial charge < -0.3 is 20.7 Å². The highest BCUT2D eigenvalue weighted by Crippen LogP contribution is 2.17. The third-order valence-electron chi connectivity index (χ3n) is 3.83. The Balaban J connectivity index is 1.78. The monoisotopic (exact) mass is 292 g/mol. The maximum atomic E-state index is 11.0. The van der Waals surface area contributed by atoms with Crippen LogP contribution < -0.4 is 11.1 Å². The molecule has 1 saturated heterocycles. The molecule has 1 aromatic heterocycles. The number of methoxy groups -OCH3 is 1. The summed E-state index contributed by atoms with van der Waals surface area (Å²) in [4.78, 5) is 17.6. The molecule has 0 aliphatic carbocycles. The van der Waals surface area contributed by atoms with Gasteiger partial charge in [0, 0.05) is 32.9 Å². The highest BCUT2D eigenvalue weighted by Gasteiger charge is 2.19. The number of pyridine rings is 1. The van der Waals surface area contributed by atoms with Crippen LogP contribution in [0.1, 0.15) is 23.2 Å². The fourth-order valence-electron chi connectivity index (χ4n) is 2.63. The van der Waals surface area contributed by atoms with Crippen molar-refractivity contribution in [3.8, 4) is 0 Å². The molecule has 116 valence electrons. The fourth-order valence-corrected chi connectivity index (χ4v) is 2.63. The Hall–Kier alpha value is -1.66. The maximum absolute atomic E-state index is 11.0. The van der Waals surface area contributed by atoms with Crippen LogP contribution in [0, 0.1) is 5.92 Å². The Labute approximate surface area is 125 Å². The minimum absolute atomic E-state index is 0.434. The van der Waals surface area contributed by atoms with Gasteiger partial charge >= 0.3 is 0 Å². The summed E-state index contributed by atoms with van der Waals surface area (Å²) in [6.45, 7) is 4.93. The number of carbonyl (C=O) groups is 1. The van der Waals surface area contributed by atoms with Gasteiger partial charge in [0.2, 0.25) is 5.91 Å². The zero-order chi connectivity index (χ0) is 15.1. The third-order valence-corrected chi connectivity index (χ3v) is 3.83. The molecule has 2 heterocycles. The number of rotatable bonds is 7. The SMILES string of the molecule is COCCN1CCC[C@H](CNc2ccc(C(N)=O)cn2)C1. The average Bonchev–Trinajstić information content (AvgIpc) is 2.52. The van der Waals surface area contributed by atoms with Crippen LogP contribution >= 0.6 is 0 Å². The first-order valence-electron chi connectivity index (χ1n) is 7.40. The number of nitrogens with one attached hydrogen (secondary N) is 1. The lowest BCUT2D eigenvalue weighted by molar-refractivity contribution is 0.1000. The van der Waals surface area contributed by atoms with Crippen LogP contribution in [-0.2, 0) is 4.74 Å². The van der Waals surface area contributed by atoms with Gasteiger partial charge in [-0.15, -0.1) is 0 Å². The molecule has 0 spiro atoms. The number of aromatic nitrogens is 1. The first-order valence-corrected chi connectivity index (χ1v) is 7.40. The predicted molar refractivity (Wildman–Crippen MR) is 82.3 cm³/mol. The Kier molecular flexibility index (Phi) is 5.95. The maximum Gasteiger partial charge on any atom is 0.250 e. The Morgan fingerprint density at radius 3 is 3.10 bits per heavy atom. The molecule has 1 fully saturated rings. The average molecular weight is 292 g/mol. The number of anilines is 1. The number of carbonyl (C=O) groups excluding carboxylic acids is 1. The van der Waals surface area contributed by atoms with Crippen molar-refractivity contribution in [3.63, 3.8) is 0 Å². The summed E-state index contributed by atoms with van der Waals surface area (Å²) in [6, 6.07) is 3.50. The number of nitrogens with two attached hydrogens (primary N) is 1. The van der Waals surface area contributed by atoms with E-state index in [0.29, 0.717) is 11.5 Å². The van der Waals surface area contributed by atoms with Crippen molar-refractivity contribution < 1.29 is 9.53 Å². The van der Waals surface area contributed by atoms with E-state index in [1.807, 2.05) is 0 Å². The van der Waals surface area contributed by atoms with E-state index < -0.39 is 5.91 Å². The highest BCUT2D eigenvalue weighted by atomic mass is 16.5. The Morgan fingerprint density at radius 1 is 1.57 bits per heavy atom. The van der Waals surface area contributed by atoms with E-state index in [9.17, 15) is 4.79 Å². The molecule has 6 nitrogen and oxygen atoms in total. The molecule has 0 bridgehead atoms. The zero-order valence-electron chi connectivity index (χ0n) is 12.5. The summed E-state index contributed by atoms with van der Waals surface area (Å²) in [5.74, 6) is 0.956. The number of primary amides is 1. The summed E-state index contributed by atoms with van der Waals surface area (Å²) in [5.41, 5.74) is 5.63. The van der Waals surface area contributed by atoms with E-state index in [1.54, 1.807) is 19.2 Å². The smallest absolute Gasteiger partial charge is 0.250 e. The van der Waals surface area contributed by atoms with Crippen LogP contribution in [0.5, 0.6) is 0 Å². The van der Waals surface area contributed by atoms with Gasteiger partial charge in [-0.1, -0.05) is 0 Å². The first-order chi connectivity index (χ1) is 10.2. The van der Waals surface area contributed by atoms with Crippen LogP contribution in [-0.4, -0.2) is 55.7 Å². The second kappa shape index (κ2) is 7.95. The summed E-state index contributed by atoms with van der Waals surface area (Å²) in [6.07, 6.45) is 3.97. The summed E-state index contributed by atoms with van der Waals surface area (Å²) in [7, 11) is 1.74. The highest BCUT2D eigenvalue weighted by molar-refractivity contribution is 5.92. The molecular formula is C15H24N4O2. The summed E-state index contributed by atoms with van der Waals surface area (Å²) < 4.78 is 5.13. The van der Waals surface area contributed by atoms with Crippen molar-refractivity contribution in [1.82, 2.24) is 9.88 Å². The molecular weight excluding hydrogens is 268 g/mol. The standard InChI is InChI=1S/C15H24N4O2/c1-21-8-7-19-6-2-3-12(11-19)9-17-14-5-4-13(10-18-14)15(16)20/h4-5,10,12H,2-3,6-9,11H2,1H3,(H2,16,20)(H,17,18)/t12-/m1/s1. The summed E-state index contributed by atoms with van der Waals surface area (Å²) >= 11 is 0. The molecule has 1 atom stereocenters. The number of likely N-dealkylation sites (tertiary alicyclic amines) is 1. The minimum Gasteiger partial charge on any atom is -0.383 e. The second-order valence-corrected chi connectivity index (χ2v) is 5.48. The normalized spacial score (nSPS) is 19.4. The zero-order valence-corrected chi connectivity index (χ0v) is 12.5.